The van der Waals surface area contributed by atoms with Crippen LogP contribution in [0.25, 0.3) is 0 Å². The zero-order chi connectivity index (χ0) is 11.3. The predicted molar refractivity (Wildman–Crippen MR) is 65.6 cm³/mol. The lowest BCUT2D eigenvalue weighted by Crippen LogP contribution is -2.41. The molecule has 15 heavy (non-hydrogen) atoms. The molecule has 1 N–H and O–H groups in total. The fraction of sp³-hybridized carbons (Fsp3) is 0.400. The Balaban J connectivity index is 2.37. The molecule has 82 valence electrons. The Morgan fingerprint density at radius 1 is 1.47 bits per heavy atom. The van der Waals surface area contributed by atoms with E-state index in [0.717, 1.165) is 5.03 Å². The Bertz CT molecular complexity index is 327. The van der Waals surface area contributed by atoms with Gasteiger partial charge in [0.2, 0.25) is 0 Å². The molecule has 1 aromatic rings. The van der Waals surface area contributed by atoms with Crippen molar-refractivity contribution in [2.75, 3.05) is 0 Å². The van der Waals surface area contributed by atoms with Crippen LogP contribution in [0.4, 0.5) is 0 Å². The molecule has 0 fully saturated rings. The van der Waals surface area contributed by atoms with E-state index in [1.165, 1.54) is 21.8 Å². The van der Waals surface area contributed by atoms with E-state index in [2.05, 4.69) is 9.71 Å². The lowest BCUT2D eigenvalue weighted by molar-refractivity contribution is -0.121. The van der Waals surface area contributed by atoms with Crippen molar-refractivity contribution in [2.24, 2.45) is 0 Å². The quantitative estimate of drug-likeness (QED) is 0.635. The maximum atomic E-state index is 11.2. The highest BCUT2D eigenvalue weighted by atomic mass is 33.1. The summed E-state index contributed by atoms with van der Waals surface area (Å²) < 4.78 is 3.10. The molecule has 0 aliphatic rings. The summed E-state index contributed by atoms with van der Waals surface area (Å²) >= 11 is 0. The van der Waals surface area contributed by atoms with Crippen LogP contribution in [0.15, 0.2) is 29.4 Å². The standard InChI is InChI=1S/C10H14N2OS2/c1-8(13)10(2,3)12-15-14-9-6-4-5-7-11-9/h4-7,12H,1-3H3. The summed E-state index contributed by atoms with van der Waals surface area (Å²) in [5.41, 5.74) is -0.494. The Morgan fingerprint density at radius 3 is 2.73 bits per heavy atom. The van der Waals surface area contributed by atoms with Gasteiger partial charge < -0.3 is 0 Å². The fourth-order valence-electron chi connectivity index (χ4n) is 0.636. The van der Waals surface area contributed by atoms with Gasteiger partial charge in [-0.15, -0.1) is 0 Å². The molecule has 1 rings (SSSR count). The van der Waals surface area contributed by atoms with Crippen LogP contribution in [0.3, 0.4) is 0 Å². The molecule has 0 atom stereocenters. The van der Waals surface area contributed by atoms with Crippen molar-refractivity contribution in [2.45, 2.75) is 31.3 Å². The van der Waals surface area contributed by atoms with Crippen molar-refractivity contribution in [1.82, 2.24) is 9.71 Å². The molecule has 0 unspecified atom stereocenters. The summed E-state index contributed by atoms with van der Waals surface area (Å²) in [5, 5.41) is 0.925. The van der Waals surface area contributed by atoms with E-state index in [9.17, 15) is 4.79 Å². The second-order valence-electron chi connectivity index (χ2n) is 3.62. The second-order valence-corrected chi connectivity index (χ2v) is 5.57. The summed E-state index contributed by atoms with van der Waals surface area (Å²) in [6, 6.07) is 5.74. The number of Topliss-reactive ketones (excluding diaryl/α,β-unsaturated/α-hetero) is 1. The van der Waals surface area contributed by atoms with Crippen LogP contribution in [0.1, 0.15) is 20.8 Å². The van der Waals surface area contributed by atoms with Gasteiger partial charge in [0.15, 0.2) is 0 Å². The Morgan fingerprint density at radius 2 is 2.20 bits per heavy atom. The van der Waals surface area contributed by atoms with Crippen LogP contribution in [0, 0.1) is 0 Å². The molecular weight excluding hydrogens is 228 g/mol. The minimum absolute atomic E-state index is 0.122. The molecule has 0 amide bonds. The van der Waals surface area contributed by atoms with E-state index in [-0.39, 0.29) is 5.78 Å². The number of ketones is 1. The van der Waals surface area contributed by atoms with Gasteiger partial charge in [0.25, 0.3) is 0 Å². The third-order valence-electron chi connectivity index (χ3n) is 1.94. The van der Waals surface area contributed by atoms with E-state index in [4.69, 9.17) is 0 Å². The number of nitrogens with zero attached hydrogens (tertiary/aromatic N) is 1. The Hall–Kier alpha value is -0.520. The summed E-state index contributed by atoms with van der Waals surface area (Å²) in [6.07, 6.45) is 1.75. The highest BCUT2D eigenvalue weighted by Gasteiger charge is 2.22. The van der Waals surface area contributed by atoms with Gasteiger partial charge in [-0.3, -0.25) is 4.79 Å². The molecule has 0 spiro atoms. The monoisotopic (exact) mass is 242 g/mol. The highest BCUT2D eigenvalue weighted by molar-refractivity contribution is 8.76. The Kier molecular flexibility index (Phi) is 4.63. The normalized spacial score (nSPS) is 11.4. The molecule has 3 nitrogen and oxygen atoms in total. The average molecular weight is 242 g/mol. The van der Waals surface area contributed by atoms with E-state index in [1.807, 2.05) is 32.0 Å². The number of pyridine rings is 1. The highest BCUT2D eigenvalue weighted by Crippen LogP contribution is 2.28. The first-order valence-electron chi connectivity index (χ1n) is 4.55. The van der Waals surface area contributed by atoms with E-state index in [0.29, 0.717) is 0 Å². The first-order valence-corrected chi connectivity index (χ1v) is 6.70. The number of aromatic nitrogens is 1. The second kappa shape index (κ2) is 5.53. The molecular formula is C10H14N2OS2. The maximum absolute atomic E-state index is 11.2. The van der Waals surface area contributed by atoms with Crippen molar-refractivity contribution >= 4 is 27.6 Å². The van der Waals surface area contributed by atoms with E-state index in [1.54, 1.807) is 13.1 Å². The molecule has 1 aromatic heterocycles. The molecule has 5 heteroatoms. The van der Waals surface area contributed by atoms with Crippen molar-refractivity contribution in [3.05, 3.63) is 24.4 Å². The van der Waals surface area contributed by atoms with Crippen LogP contribution in [-0.2, 0) is 4.79 Å². The zero-order valence-corrected chi connectivity index (χ0v) is 10.6. The molecule has 0 aromatic carbocycles. The molecule has 0 saturated heterocycles. The molecule has 0 aliphatic heterocycles. The predicted octanol–water partition coefficient (Wildman–Crippen LogP) is 2.69. The summed E-state index contributed by atoms with van der Waals surface area (Å²) in [7, 11) is 2.93. The molecule has 1 heterocycles. The first kappa shape index (κ1) is 12.5. The minimum Gasteiger partial charge on any atom is -0.298 e. The number of carbonyl (C=O) groups excluding carboxylic acids is 1. The van der Waals surface area contributed by atoms with Gasteiger partial charge in [-0.2, -0.15) is 0 Å². The number of carbonyl (C=O) groups is 1. The van der Waals surface area contributed by atoms with Crippen LogP contribution < -0.4 is 4.72 Å². The van der Waals surface area contributed by atoms with E-state index < -0.39 is 5.54 Å². The lowest BCUT2D eigenvalue weighted by Gasteiger charge is -2.21. The average Bonchev–Trinajstić information content (AvgIpc) is 2.19. The van der Waals surface area contributed by atoms with Crippen molar-refractivity contribution in [3.63, 3.8) is 0 Å². The number of hydrogen-bond acceptors (Lipinski definition) is 5. The zero-order valence-electron chi connectivity index (χ0n) is 8.98. The van der Waals surface area contributed by atoms with Gasteiger partial charge in [-0.1, -0.05) is 6.07 Å². The topological polar surface area (TPSA) is 42.0 Å². The van der Waals surface area contributed by atoms with Crippen molar-refractivity contribution in [1.29, 1.82) is 0 Å². The SMILES string of the molecule is CC(=O)C(C)(C)NSSc1ccccn1. The molecule has 0 radical (unpaired) electrons. The smallest absolute Gasteiger partial charge is 0.150 e. The van der Waals surface area contributed by atoms with Crippen LogP contribution in [0.5, 0.6) is 0 Å². The van der Waals surface area contributed by atoms with Crippen LogP contribution in [0.2, 0.25) is 0 Å². The molecule has 0 saturated carbocycles. The van der Waals surface area contributed by atoms with Gasteiger partial charge in [0.05, 0.1) is 5.54 Å². The first-order chi connectivity index (χ1) is 7.02. The van der Waals surface area contributed by atoms with Crippen molar-refractivity contribution < 1.29 is 4.79 Å². The summed E-state index contributed by atoms with van der Waals surface area (Å²) in [5.74, 6) is 0.122. The number of rotatable bonds is 5. The van der Waals surface area contributed by atoms with Crippen molar-refractivity contribution in [3.8, 4) is 0 Å². The van der Waals surface area contributed by atoms with Gasteiger partial charge in [0, 0.05) is 6.20 Å². The van der Waals surface area contributed by atoms with E-state index >= 15 is 0 Å². The van der Waals surface area contributed by atoms with Gasteiger partial charge in [-0.05, 0) is 54.7 Å². The fourth-order valence-corrected chi connectivity index (χ4v) is 2.65. The van der Waals surface area contributed by atoms with Gasteiger partial charge in [0.1, 0.15) is 10.8 Å². The largest absolute Gasteiger partial charge is 0.298 e. The van der Waals surface area contributed by atoms with Gasteiger partial charge >= 0.3 is 0 Å². The minimum atomic E-state index is -0.494. The lowest BCUT2D eigenvalue weighted by atomic mass is 10.0. The number of hydrogen-bond donors (Lipinski definition) is 1. The van der Waals surface area contributed by atoms with Crippen LogP contribution in [-0.4, -0.2) is 16.3 Å². The van der Waals surface area contributed by atoms with Crippen LogP contribution >= 0.6 is 21.8 Å². The molecule has 0 aliphatic carbocycles. The Labute approximate surface area is 98.0 Å². The third-order valence-corrected chi connectivity index (χ3v) is 4.04. The summed E-state index contributed by atoms with van der Waals surface area (Å²) in [4.78, 5) is 15.4. The third kappa shape index (κ3) is 4.24. The summed E-state index contributed by atoms with van der Waals surface area (Å²) in [6.45, 7) is 5.31. The maximum Gasteiger partial charge on any atom is 0.150 e. The number of nitrogens with one attached hydrogen (secondary N) is 1. The van der Waals surface area contributed by atoms with Gasteiger partial charge in [-0.25, -0.2) is 9.71 Å². The molecule has 0 bridgehead atoms.